The average molecular weight is 381 g/mol. The molecule has 128 valence electrons. The Morgan fingerprint density at radius 2 is 2.04 bits per heavy atom. The molecule has 0 aliphatic carbocycles. The molecule has 1 aromatic carbocycles. The molecule has 0 unspecified atom stereocenters. The minimum Gasteiger partial charge on any atom is -0.338 e. The van der Waals surface area contributed by atoms with Crippen LogP contribution in [-0.2, 0) is 11.2 Å². The topological polar surface area (TPSA) is 32.3 Å². The van der Waals surface area contributed by atoms with Crippen LogP contribution in [0.4, 0.5) is 0 Å². The Labute approximate surface area is 150 Å². The Balaban J connectivity index is 0.00000192. The van der Waals surface area contributed by atoms with Gasteiger partial charge in [0.15, 0.2) is 0 Å². The van der Waals surface area contributed by atoms with E-state index in [2.05, 4.69) is 47.5 Å². The molecule has 2 fully saturated rings. The van der Waals surface area contributed by atoms with Crippen LogP contribution in [0.5, 0.6) is 0 Å². The smallest absolute Gasteiger partial charge is 0.225 e. The minimum absolute atomic E-state index is 0. The Kier molecular flexibility index (Phi) is 5.90. The van der Waals surface area contributed by atoms with Gasteiger partial charge in [0.25, 0.3) is 0 Å². The molecular formula is C19H29BrN2O. The lowest BCUT2D eigenvalue weighted by Crippen LogP contribution is -2.52. The Hall–Kier alpha value is -0.870. The molecule has 0 aromatic heterocycles. The van der Waals surface area contributed by atoms with Crippen molar-refractivity contribution in [1.29, 1.82) is 0 Å². The van der Waals surface area contributed by atoms with Gasteiger partial charge in [0, 0.05) is 30.1 Å². The summed E-state index contributed by atoms with van der Waals surface area (Å²) in [5, 5.41) is 3.85. The van der Waals surface area contributed by atoms with Gasteiger partial charge in [-0.3, -0.25) is 4.79 Å². The molecule has 3 rings (SSSR count). The molecule has 2 heterocycles. The van der Waals surface area contributed by atoms with E-state index < -0.39 is 0 Å². The van der Waals surface area contributed by atoms with Crippen LogP contribution in [0.25, 0.3) is 0 Å². The van der Waals surface area contributed by atoms with E-state index in [1.165, 1.54) is 12.0 Å². The predicted molar refractivity (Wildman–Crippen MR) is 100.0 cm³/mol. The summed E-state index contributed by atoms with van der Waals surface area (Å²) < 4.78 is 0. The molecule has 2 saturated heterocycles. The van der Waals surface area contributed by atoms with Crippen molar-refractivity contribution in [2.45, 2.75) is 64.1 Å². The van der Waals surface area contributed by atoms with Crippen molar-refractivity contribution < 1.29 is 4.79 Å². The largest absolute Gasteiger partial charge is 0.338 e. The highest BCUT2D eigenvalue weighted by Gasteiger charge is 2.46. The second kappa shape index (κ2) is 7.35. The van der Waals surface area contributed by atoms with Gasteiger partial charge in [-0.15, -0.1) is 17.0 Å². The lowest BCUT2D eigenvalue weighted by Gasteiger charge is -2.38. The molecule has 1 N–H and O–H groups in total. The number of nitrogens with one attached hydrogen (secondary N) is 1. The monoisotopic (exact) mass is 380 g/mol. The van der Waals surface area contributed by atoms with Crippen LogP contribution in [0.2, 0.25) is 0 Å². The number of benzene rings is 1. The number of hydrogen-bond donors (Lipinski definition) is 1. The van der Waals surface area contributed by atoms with Gasteiger partial charge in [-0.2, -0.15) is 0 Å². The molecule has 1 aromatic rings. The third kappa shape index (κ3) is 3.97. The Morgan fingerprint density at radius 1 is 1.35 bits per heavy atom. The molecule has 3 nitrogen and oxygen atoms in total. The molecule has 0 spiro atoms. The number of amides is 1. The van der Waals surface area contributed by atoms with E-state index in [9.17, 15) is 4.79 Å². The van der Waals surface area contributed by atoms with E-state index >= 15 is 0 Å². The average Bonchev–Trinajstić information content (AvgIpc) is 2.82. The first kappa shape index (κ1) is 18.5. The second-order valence-electron chi connectivity index (χ2n) is 7.57. The third-order valence-corrected chi connectivity index (χ3v) is 5.19. The van der Waals surface area contributed by atoms with E-state index in [1.54, 1.807) is 0 Å². The van der Waals surface area contributed by atoms with E-state index in [-0.39, 0.29) is 28.4 Å². The number of fused-ring (bicyclic) bond motifs is 1. The highest BCUT2D eigenvalue weighted by molar-refractivity contribution is 8.93. The van der Waals surface area contributed by atoms with Crippen LogP contribution in [0.15, 0.2) is 30.3 Å². The Morgan fingerprint density at radius 3 is 2.70 bits per heavy atom. The van der Waals surface area contributed by atoms with E-state index in [4.69, 9.17) is 0 Å². The third-order valence-electron chi connectivity index (χ3n) is 5.19. The summed E-state index contributed by atoms with van der Waals surface area (Å²) >= 11 is 0. The lowest BCUT2D eigenvalue weighted by molar-refractivity contribution is -0.138. The summed E-state index contributed by atoms with van der Waals surface area (Å²) in [6, 6.07) is 11.5. The number of carbonyl (C=O) groups excluding carboxylic acids is 1. The first-order chi connectivity index (χ1) is 10.5. The van der Waals surface area contributed by atoms with Crippen LogP contribution in [0.3, 0.4) is 0 Å². The molecular weight excluding hydrogens is 352 g/mol. The first-order valence-electron chi connectivity index (χ1n) is 8.61. The molecule has 23 heavy (non-hydrogen) atoms. The second-order valence-corrected chi connectivity index (χ2v) is 7.57. The van der Waals surface area contributed by atoms with Crippen molar-refractivity contribution in [3.63, 3.8) is 0 Å². The SMILES string of the molecule is Br.CC(C)C(=O)N1CCC[C@@H]2N[C@](C)(Cc3ccccc3)C[C@@H]21. The molecule has 1 amide bonds. The van der Waals surface area contributed by atoms with Crippen LogP contribution >= 0.6 is 17.0 Å². The number of rotatable bonds is 3. The number of carbonyl (C=O) groups is 1. The summed E-state index contributed by atoms with van der Waals surface area (Å²) in [6.07, 6.45) is 4.40. The van der Waals surface area contributed by atoms with Crippen molar-refractivity contribution >= 4 is 22.9 Å². The normalized spacial score (nSPS) is 30.0. The molecule has 2 aliphatic heterocycles. The van der Waals surface area contributed by atoms with Crippen molar-refractivity contribution in [1.82, 2.24) is 10.2 Å². The molecule has 0 saturated carbocycles. The number of halogens is 1. The van der Waals surface area contributed by atoms with Gasteiger partial charge in [0.1, 0.15) is 0 Å². The molecule has 0 radical (unpaired) electrons. The molecule has 2 aliphatic rings. The summed E-state index contributed by atoms with van der Waals surface area (Å²) in [5.41, 5.74) is 1.47. The van der Waals surface area contributed by atoms with Crippen molar-refractivity contribution in [2.24, 2.45) is 5.92 Å². The fraction of sp³-hybridized carbons (Fsp3) is 0.632. The Bertz CT molecular complexity index is 533. The predicted octanol–water partition coefficient (Wildman–Crippen LogP) is 3.57. The van der Waals surface area contributed by atoms with Crippen molar-refractivity contribution in [2.75, 3.05) is 6.54 Å². The summed E-state index contributed by atoms with van der Waals surface area (Å²) in [5.74, 6) is 0.417. The zero-order chi connectivity index (χ0) is 15.7. The van der Waals surface area contributed by atoms with Gasteiger partial charge in [0.2, 0.25) is 5.91 Å². The molecule has 0 bridgehead atoms. The van der Waals surface area contributed by atoms with Crippen molar-refractivity contribution in [3.8, 4) is 0 Å². The van der Waals surface area contributed by atoms with Crippen LogP contribution in [0.1, 0.15) is 45.6 Å². The van der Waals surface area contributed by atoms with Gasteiger partial charge < -0.3 is 10.2 Å². The number of nitrogens with zero attached hydrogens (tertiary/aromatic N) is 1. The van der Waals surface area contributed by atoms with Gasteiger partial charge in [0.05, 0.1) is 0 Å². The zero-order valence-electron chi connectivity index (χ0n) is 14.4. The van der Waals surface area contributed by atoms with Crippen molar-refractivity contribution in [3.05, 3.63) is 35.9 Å². The van der Waals surface area contributed by atoms with Gasteiger partial charge in [-0.25, -0.2) is 0 Å². The van der Waals surface area contributed by atoms with Crippen LogP contribution < -0.4 is 5.32 Å². The van der Waals surface area contributed by atoms with E-state index in [0.717, 1.165) is 25.8 Å². The van der Waals surface area contributed by atoms with Crippen LogP contribution in [0, 0.1) is 5.92 Å². The summed E-state index contributed by atoms with van der Waals surface area (Å²) in [7, 11) is 0. The van der Waals surface area contributed by atoms with E-state index in [0.29, 0.717) is 18.0 Å². The van der Waals surface area contributed by atoms with E-state index in [1.807, 2.05) is 13.8 Å². The quantitative estimate of drug-likeness (QED) is 0.868. The maximum atomic E-state index is 12.5. The number of piperidine rings is 1. The van der Waals surface area contributed by atoms with Gasteiger partial charge >= 0.3 is 0 Å². The van der Waals surface area contributed by atoms with Crippen LogP contribution in [-0.4, -0.2) is 35.0 Å². The summed E-state index contributed by atoms with van der Waals surface area (Å²) in [4.78, 5) is 14.7. The standard InChI is InChI=1S/C19H28N2O.BrH/c1-14(2)18(22)21-11-7-10-16-17(21)13-19(3,20-16)12-15-8-5-4-6-9-15;/h4-6,8-9,14,16-17,20H,7,10-13H2,1-3H3;1H/t16-,17-,19+;/m0./s1. The highest BCUT2D eigenvalue weighted by Crippen LogP contribution is 2.35. The fourth-order valence-electron chi connectivity index (χ4n) is 4.22. The molecule has 4 heteroatoms. The minimum atomic E-state index is 0. The number of likely N-dealkylation sites (tertiary alicyclic amines) is 1. The molecule has 3 atom stereocenters. The van der Waals surface area contributed by atoms with Gasteiger partial charge in [-0.1, -0.05) is 44.2 Å². The number of hydrogen-bond acceptors (Lipinski definition) is 2. The maximum absolute atomic E-state index is 12.5. The fourth-order valence-corrected chi connectivity index (χ4v) is 4.22. The zero-order valence-corrected chi connectivity index (χ0v) is 16.1. The first-order valence-corrected chi connectivity index (χ1v) is 8.61. The van der Waals surface area contributed by atoms with Gasteiger partial charge in [-0.05, 0) is 38.2 Å². The summed E-state index contributed by atoms with van der Waals surface area (Å²) in [6.45, 7) is 7.27. The lowest BCUT2D eigenvalue weighted by atomic mass is 9.88. The maximum Gasteiger partial charge on any atom is 0.225 e. The highest BCUT2D eigenvalue weighted by atomic mass is 79.9.